The van der Waals surface area contributed by atoms with E-state index in [1.807, 2.05) is 21.6 Å². The van der Waals surface area contributed by atoms with Crippen molar-refractivity contribution in [3.63, 3.8) is 0 Å². The Morgan fingerprint density at radius 2 is 1.67 bits per heavy atom. The molecule has 11 heteroatoms. The number of amides is 1. The minimum atomic E-state index is -4.37. The number of alkyl halides is 6. The Balaban J connectivity index is 1.17. The van der Waals surface area contributed by atoms with Crippen molar-refractivity contribution < 1.29 is 31.1 Å². The lowest BCUT2D eigenvalue weighted by atomic mass is 9.80. The lowest BCUT2D eigenvalue weighted by Crippen LogP contribution is -2.49. The highest BCUT2D eigenvalue weighted by Gasteiger charge is 2.49. The topological polar surface area (TPSA) is 41.4 Å². The summed E-state index contributed by atoms with van der Waals surface area (Å²) in [6.45, 7) is 5.46. The lowest BCUT2D eigenvalue weighted by Gasteiger charge is -2.37. The molecule has 1 aromatic carbocycles. The summed E-state index contributed by atoms with van der Waals surface area (Å²) in [5.41, 5.74) is 0.182. The monoisotopic (exact) mass is 590 g/mol. The van der Waals surface area contributed by atoms with Crippen LogP contribution in [0.2, 0.25) is 0 Å². The van der Waals surface area contributed by atoms with Crippen molar-refractivity contribution in [3.05, 3.63) is 95.8 Å². The first-order valence-corrected chi connectivity index (χ1v) is 13.7. The molecule has 42 heavy (non-hydrogen) atoms. The molecule has 224 valence electrons. The van der Waals surface area contributed by atoms with Crippen LogP contribution < -0.4 is 0 Å². The molecule has 1 aliphatic heterocycles. The summed E-state index contributed by atoms with van der Waals surface area (Å²) in [5, 5.41) is 0. The number of hydrogen-bond donors (Lipinski definition) is 0. The van der Waals surface area contributed by atoms with Gasteiger partial charge in [-0.2, -0.15) is 26.3 Å². The van der Waals surface area contributed by atoms with Gasteiger partial charge in [0.1, 0.15) is 0 Å². The third-order valence-corrected chi connectivity index (χ3v) is 8.33. The molecule has 1 fully saturated rings. The van der Waals surface area contributed by atoms with Crippen molar-refractivity contribution in [1.29, 1.82) is 0 Å². The molecule has 1 amide bonds. The first kappa shape index (κ1) is 29.9. The zero-order valence-electron chi connectivity index (χ0n) is 23.3. The van der Waals surface area contributed by atoms with E-state index in [9.17, 15) is 31.1 Å². The molecule has 5 nitrogen and oxygen atoms in total. The number of allylic oxidation sites excluding steroid dienone is 7. The van der Waals surface area contributed by atoms with E-state index in [4.69, 9.17) is 0 Å². The van der Waals surface area contributed by atoms with E-state index >= 15 is 0 Å². The van der Waals surface area contributed by atoms with Gasteiger partial charge in [-0.05, 0) is 49.1 Å². The SMILES string of the molecule is CC1(Cn2cncc2CN2CCN(C3=CCC(C)(C(F)(F)F)C=C3)C(=O)C2)C=CC(c2ccc(C(F)(F)F)cc2)=CC1. The second-order valence-corrected chi connectivity index (χ2v) is 11.8. The van der Waals surface area contributed by atoms with Crippen LogP contribution in [0.3, 0.4) is 0 Å². The number of rotatable bonds is 6. The molecule has 3 aliphatic rings. The summed E-state index contributed by atoms with van der Waals surface area (Å²) in [5.74, 6) is -0.165. The highest BCUT2D eigenvalue weighted by atomic mass is 19.4. The van der Waals surface area contributed by atoms with E-state index in [0.717, 1.165) is 42.0 Å². The maximum Gasteiger partial charge on any atom is 0.416 e. The van der Waals surface area contributed by atoms with E-state index in [1.54, 1.807) is 17.4 Å². The summed E-state index contributed by atoms with van der Waals surface area (Å²) in [6, 6.07) is 5.15. The summed E-state index contributed by atoms with van der Waals surface area (Å²) in [7, 11) is 0. The quantitative estimate of drug-likeness (QED) is 0.340. The molecule has 0 radical (unpaired) electrons. The molecular formula is C31H32F6N4O. The molecule has 2 unspecified atom stereocenters. The first-order chi connectivity index (χ1) is 19.7. The van der Waals surface area contributed by atoms with E-state index in [1.165, 1.54) is 24.3 Å². The van der Waals surface area contributed by atoms with Crippen LogP contribution in [0, 0.1) is 10.8 Å². The minimum Gasteiger partial charge on any atom is -0.333 e. The second-order valence-electron chi connectivity index (χ2n) is 11.8. The van der Waals surface area contributed by atoms with Gasteiger partial charge in [0.05, 0.1) is 29.5 Å². The molecular weight excluding hydrogens is 558 g/mol. The summed E-state index contributed by atoms with van der Waals surface area (Å²) >= 11 is 0. The summed E-state index contributed by atoms with van der Waals surface area (Å²) < 4.78 is 80.7. The Bertz CT molecular complexity index is 1450. The van der Waals surface area contributed by atoms with E-state index in [2.05, 4.69) is 18.0 Å². The van der Waals surface area contributed by atoms with Crippen LogP contribution in [0.4, 0.5) is 26.3 Å². The fourth-order valence-corrected chi connectivity index (χ4v) is 5.46. The maximum absolute atomic E-state index is 13.3. The summed E-state index contributed by atoms with van der Waals surface area (Å²) in [6.07, 6.45) is 5.34. The Morgan fingerprint density at radius 3 is 2.24 bits per heavy atom. The standard InChI is InChI=1S/C31H32F6N4O/c1-28(11-7-23(8-12-28)22-3-5-24(6-4-22)30(32,33)34)20-40-21-38-17-26(40)18-39-15-16-41(27(42)19-39)25-9-13-29(2,14-10-25)31(35,36)37/h3-11,13,17,21H,12,14-16,18-20H2,1-2H3. The molecule has 1 aromatic heterocycles. The third kappa shape index (κ3) is 6.25. The number of imidazole rings is 1. The molecule has 1 saturated heterocycles. The van der Waals surface area contributed by atoms with Crippen LogP contribution in [0.15, 0.2) is 78.9 Å². The predicted octanol–water partition coefficient (Wildman–Crippen LogP) is 7.01. The van der Waals surface area contributed by atoms with Crippen molar-refractivity contribution >= 4 is 11.5 Å². The van der Waals surface area contributed by atoms with Gasteiger partial charge >= 0.3 is 12.4 Å². The van der Waals surface area contributed by atoms with E-state index in [0.29, 0.717) is 38.3 Å². The molecule has 2 aromatic rings. The minimum absolute atomic E-state index is 0.142. The number of benzene rings is 1. The van der Waals surface area contributed by atoms with Gasteiger partial charge in [0.15, 0.2) is 0 Å². The van der Waals surface area contributed by atoms with Crippen molar-refractivity contribution in [2.24, 2.45) is 10.8 Å². The Hall–Kier alpha value is -3.60. The van der Waals surface area contributed by atoms with Gasteiger partial charge < -0.3 is 9.47 Å². The number of hydrogen-bond acceptors (Lipinski definition) is 3. The fourth-order valence-electron chi connectivity index (χ4n) is 5.46. The highest BCUT2D eigenvalue weighted by molar-refractivity contribution is 5.81. The van der Waals surface area contributed by atoms with Gasteiger partial charge in [0.2, 0.25) is 5.91 Å². The van der Waals surface area contributed by atoms with Crippen molar-refractivity contribution in [1.82, 2.24) is 19.4 Å². The molecule has 0 spiro atoms. The molecule has 5 rings (SSSR count). The average molecular weight is 591 g/mol. The largest absolute Gasteiger partial charge is 0.416 e. The van der Waals surface area contributed by atoms with Gasteiger partial charge in [0, 0.05) is 43.5 Å². The number of halogens is 6. The van der Waals surface area contributed by atoms with Crippen LogP contribution >= 0.6 is 0 Å². The third-order valence-electron chi connectivity index (χ3n) is 8.33. The lowest BCUT2D eigenvalue weighted by molar-refractivity contribution is -0.199. The normalized spacial score (nSPS) is 25.5. The molecule has 0 saturated carbocycles. The maximum atomic E-state index is 13.3. The van der Waals surface area contributed by atoms with Crippen LogP contribution in [-0.4, -0.2) is 51.1 Å². The van der Waals surface area contributed by atoms with Crippen molar-refractivity contribution in [2.75, 3.05) is 19.6 Å². The zero-order chi connectivity index (χ0) is 30.3. The van der Waals surface area contributed by atoms with Gasteiger partial charge in [-0.15, -0.1) is 0 Å². The van der Waals surface area contributed by atoms with Gasteiger partial charge in [0.25, 0.3) is 0 Å². The average Bonchev–Trinajstić information content (AvgIpc) is 3.34. The van der Waals surface area contributed by atoms with Crippen LogP contribution in [0.1, 0.15) is 43.5 Å². The molecule has 2 aliphatic carbocycles. The highest BCUT2D eigenvalue weighted by Crippen LogP contribution is 2.45. The smallest absolute Gasteiger partial charge is 0.333 e. The Morgan fingerprint density at radius 1 is 0.929 bits per heavy atom. The van der Waals surface area contributed by atoms with Gasteiger partial charge in [-0.1, -0.05) is 49.4 Å². The van der Waals surface area contributed by atoms with Crippen LogP contribution in [0.25, 0.3) is 5.57 Å². The number of carbonyl (C=O) groups is 1. The number of aromatic nitrogens is 2. The summed E-state index contributed by atoms with van der Waals surface area (Å²) in [4.78, 5) is 20.8. The predicted molar refractivity (Wildman–Crippen MR) is 147 cm³/mol. The molecule has 0 bridgehead atoms. The van der Waals surface area contributed by atoms with E-state index < -0.39 is 23.3 Å². The molecule has 2 atom stereocenters. The van der Waals surface area contributed by atoms with Crippen LogP contribution in [-0.2, 0) is 24.1 Å². The van der Waals surface area contributed by atoms with Crippen molar-refractivity contribution in [3.8, 4) is 0 Å². The Kier molecular flexibility index (Phi) is 7.76. The number of carbonyl (C=O) groups excluding carboxylic acids is 1. The molecule has 2 heterocycles. The fraction of sp³-hybridized carbons (Fsp3) is 0.419. The zero-order valence-corrected chi connectivity index (χ0v) is 23.3. The second kappa shape index (κ2) is 10.9. The van der Waals surface area contributed by atoms with E-state index in [-0.39, 0.29) is 24.3 Å². The van der Waals surface area contributed by atoms with Crippen molar-refractivity contribution in [2.45, 2.75) is 52.1 Å². The Labute approximate surface area is 240 Å². The van der Waals surface area contributed by atoms with Crippen LogP contribution in [0.5, 0.6) is 0 Å². The molecule has 0 N–H and O–H groups in total. The van der Waals surface area contributed by atoms with Gasteiger partial charge in [-0.3, -0.25) is 9.69 Å². The van der Waals surface area contributed by atoms with Gasteiger partial charge in [-0.25, -0.2) is 4.98 Å². The first-order valence-electron chi connectivity index (χ1n) is 13.7. The number of piperazine rings is 1. The number of nitrogens with zero attached hydrogens (tertiary/aromatic N) is 4.